The van der Waals surface area contributed by atoms with E-state index in [4.69, 9.17) is 4.74 Å². The minimum atomic E-state index is 0.877. The van der Waals surface area contributed by atoms with Crippen LogP contribution in [0, 0.1) is 5.92 Å². The normalized spacial score (nSPS) is 15.6. The molecule has 0 radical (unpaired) electrons. The van der Waals surface area contributed by atoms with E-state index in [1.807, 2.05) is 24.0 Å². The summed E-state index contributed by atoms with van der Waals surface area (Å²) >= 11 is 0. The zero-order valence-corrected chi connectivity index (χ0v) is 9.98. The highest BCUT2D eigenvalue weighted by Crippen LogP contribution is 2.28. The van der Waals surface area contributed by atoms with Gasteiger partial charge in [-0.15, -0.1) is 0 Å². The molecule has 0 atom stereocenters. The average Bonchev–Trinajstić information content (AvgIpc) is 3.01. The summed E-state index contributed by atoms with van der Waals surface area (Å²) in [5, 5.41) is 7.51. The molecule has 0 aliphatic heterocycles. The molecule has 0 bridgehead atoms. The Morgan fingerprint density at radius 1 is 1.56 bits per heavy atom. The minimum Gasteiger partial charge on any atom is -0.381 e. The molecule has 16 heavy (non-hydrogen) atoms. The van der Waals surface area contributed by atoms with E-state index < -0.39 is 0 Å². The Labute approximate surface area is 97.0 Å². The summed E-state index contributed by atoms with van der Waals surface area (Å²) in [5.74, 6) is 0.877. The molecule has 0 saturated heterocycles. The second-order valence-corrected chi connectivity index (χ2v) is 4.49. The molecule has 90 valence electrons. The van der Waals surface area contributed by atoms with Crippen molar-refractivity contribution in [2.75, 3.05) is 19.8 Å². The minimum absolute atomic E-state index is 0.877. The van der Waals surface area contributed by atoms with Crippen molar-refractivity contribution in [3.63, 3.8) is 0 Å². The van der Waals surface area contributed by atoms with Gasteiger partial charge in [-0.3, -0.25) is 4.68 Å². The Kier molecular flexibility index (Phi) is 4.36. The summed E-state index contributed by atoms with van der Waals surface area (Å²) in [7, 11) is 1.97. The third-order valence-corrected chi connectivity index (χ3v) is 2.92. The number of hydrogen-bond donors (Lipinski definition) is 1. The van der Waals surface area contributed by atoms with Gasteiger partial charge >= 0.3 is 0 Å². The smallest absolute Gasteiger partial charge is 0.0518 e. The molecular formula is C12H21N3O. The van der Waals surface area contributed by atoms with E-state index >= 15 is 0 Å². The lowest BCUT2D eigenvalue weighted by atomic mass is 10.4. The molecule has 0 unspecified atom stereocenters. The maximum Gasteiger partial charge on any atom is 0.0518 e. The fourth-order valence-corrected chi connectivity index (χ4v) is 1.62. The Morgan fingerprint density at radius 3 is 3.12 bits per heavy atom. The molecule has 4 nitrogen and oxygen atoms in total. The molecule has 1 heterocycles. The van der Waals surface area contributed by atoms with Gasteiger partial charge in [-0.1, -0.05) is 0 Å². The van der Waals surface area contributed by atoms with E-state index in [1.54, 1.807) is 0 Å². The maximum absolute atomic E-state index is 5.56. The summed E-state index contributed by atoms with van der Waals surface area (Å²) < 4.78 is 7.46. The molecule has 1 aliphatic rings. The predicted octanol–water partition coefficient (Wildman–Crippen LogP) is 1.33. The van der Waals surface area contributed by atoms with Crippen molar-refractivity contribution < 1.29 is 4.74 Å². The third-order valence-electron chi connectivity index (χ3n) is 2.92. The van der Waals surface area contributed by atoms with Crippen LogP contribution in [0.3, 0.4) is 0 Å². The molecule has 0 aromatic carbocycles. The van der Waals surface area contributed by atoms with Crippen molar-refractivity contribution in [2.45, 2.75) is 25.8 Å². The molecule has 1 N–H and O–H groups in total. The highest BCUT2D eigenvalue weighted by atomic mass is 16.5. The second kappa shape index (κ2) is 6.01. The molecule has 2 rings (SSSR count). The van der Waals surface area contributed by atoms with Crippen LogP contribution in [0.5, 0.6) is 0 Å². The van der Waals surface area contributed by atoms with Gasteiger partial charge in [0.1, 0.15) is 0 Å². The van der Waals surface area contributed by atoms with Gasteiger partial charge in [-0.05, 0) is 37.8 Å². The molecule has 1 saturated carbocycles. The van der Waals surface area contributed by atoms with Crippen LogP contribution in [0.15, 0.2) is 12.3 Å². The predicted molar refractivity (Wildman–Crippen MR) is 63.1 cm³/mol. The Bertz CT molecular complexity index is 307. The fraction of sp³-hybridized carbons (Fsp3) is 0.750. The van der Waals surface area contributed by atoms with Crippen molar-refractivity contribution in [3.05, 3.63) is 18.0 Å². The van der Waals surface area contributed by atoms with Crippen molar-refractivity contribution in [1.29, 1.82) is 0 Å². The lowest BCUT2D eigenvalue weighted by molar-refractivity contribution is 0.122. The molecular weight excluding hydrogens is 202 g/mol. The number of rotatable bonds is 8. The van der Waals surface area contributed by atoms with Gasteiger partial charge in [0.25, 0.3) is 0 Å². The van der Waals surface area contributed by atoms with Gasteiger partial charge in [-0.25, -0.2) is 0 Å². The van der Waals surface area contributed by atoms with Crippen molar-refractivity contribution in [3.8, 4) is 0 Å². The Hall–Kier alpha value is -0.870. The lowest BCUT2D eigenvalue weighted by Gasteiger charge is -2.05. The van der Waals surface area contributed by atoms with Crippen LogP contribution < -0.4 is 5.32 Å². The highest BCUT2D eigenvalue weighted by molar-refractivity contribution is 4.98. The van der Waals surface area contributed by atoms with E-state index in [0.29, 0.717) is 0 Å². The molecule has 0 spiro atoms. The number of nitrogens with one attached hydrogen (secondary N) is 1. The van der Waals surface area contributed by atoms with Crippen LogP contribution in [0.1, 0.15) is 25.0 Å². The van der Waals surface area contributed by atoms with Crippen molar-refractivity contribution in [2.24, 2.45) is 13.0 Å². The molecule has 1 fully saturated rings. The van der Waals surface area contributed by atoms with E-state index in [2.05, 4.69) is 10.4 Å². The fourth-order valence-electron chi connectivity index (χ4n) is 1.62. The first-order valence-corrected chi connectivity index (χ1v) is 6.11. The van der Waals surface area contributed by atoms with Gasteiger partial charge in [0, 0.05) is 33.0 Å². The van der Waals surface area contributed by atoms with E-state index in [1.165, 1.54) is 18.5 Å². The standard InChI is InChI=1S/C12H21N3O/c1-15-12(5-7-14-15)9-13-6-2-8-16-10-11-3-4-11/h5,7,11,13H,2-4,6,8-10H2,1H3. The molecule has 1 aliphatic carbocycles. The first-order chi connectivity index (χ1) is 7.86. The van der Waals surface area contributed by atoms with E-state index in [0.717, 1.165) is 38.6 Å². The van der Waals surface area contributed by atoms with E-state index in [9.17, 15) is 0 Å². The number of hydrogen-bond acceptors (Lipinski definition) is 3. The van der Waals surface area contributed by atoms with Crippen LogP contribution in [0.2, 0.25) is 0 Å². The molecule has 4 heteroatoms. The van der Waals surface area contributed by atoms with Crippen LogP contribution in [0.25, 0.3) is 0 Å². The Morgan fingerprint density at radius 2 is 2.44 bits per heavy atom. The number of aromatic nitrogens is 2. The topological polar surface area (TPSA) is 39.1 Å². The number of aryl methyl sites for hydroxylation is 1. The van der Waals surface area contributed by atoms with Gasteiger partial charge < -0.3 is 10.1 Å². The maximum atomic E-state index is 5.56. The molecule has 1 aromatic heterocycles. The summed E-state index contributed by atoms with van der Waals surface area (Å²) in [5.41, 5.74) is 1.22. The monoisotopic (exact) mass is 223 g/mol. The van der Waals surface area contributed by atoms with Gasteiger partial charge in [0.2, 0.25) is 0 Å². The summed E-state index contributed by atoms with van der Waals surface area (Å²) in [4.78, 5) is 0. The molecule has 0 amide bonds. The van der Waals surface area contributed by atoms with Gasteiger partial charge in [-0.2, -0.15) is 5.10 Å². The van der Waals surface area contributed by atoms with Crippen molar-refractivity contribution >= 4 is 0 Å². The second-order valence-electron chi connectivity index (χ2n) is 4.49. The summed E-state index contributed by atoms with van der Waals surface area (Å²) in [6.45, 7) is 3.76. The third kappa shape index (κ3) is 3.94. The van der Waals surface area contributed by atoms with Gasteiger partial charge in [0.15, 0.2) is 0 Å². The zero-order chi connectivity index (χ0) is 11.2. The average molecular weight is 223 g/mol. The van der Waals surface area contributed by atoms with Crippen LogP contribution in [0.4, 0.5) is 0 Å². The first-order valence-electron chi connectivity index (χ1n) is 6.11. The molecule has 1 aromatic rings. The van der Waals surface area contributed by atoms with Crippen molar-refractivity contribution in [1.82, 2.24) is 15.1 Å². The summed E-state index contributed by atoms with van der Waals surface area (Å²) in [6, 6.07) is 2.04. The number of ether oxygens (including phenoxy) is 1. The Balaban J connectivity index is 1.44. The highest BCUT2D eigenvalue weighted by Gasteiger charge is 2.20. The van der Waals surface area contributed by atoms with Crippen LogP contribution in [-0.4, -0.2) is 29.5 Å². The zero-order valence-electron chi connectivity index (χ0n) is 9.98. The first kappa shape index (κ1) is 11.6. The van der Waals surface area contributed by atoms with Crippen LogP contribution >= 0.6 is 0 Å². The van der Waals surface area contributed by atoms with E-state index in [-0.39, 0.29) is 0 Å². The quantitative estimate of drug-likeness (QED) is 0.676. The van der Waals surface area contributed by atoms with Crippen LogP contribution in [-0.2, 0) is 18.3 Å². The SMILES string of the molecule is Cn1nccc1CNCCCOCC1CC1. The number of nitrogens with zero attached hydrogens (tertiary/aromatic N) is 2. The lowest BCUT2D eigenvalue weighted by Crippen LogP contribution is -2.18. The summed E-state index contributed by atoms with van der Waals surface area (Å²) in [6.07, 6.45) is 5.66. The largest absolute Gasteiger partial charge is 0.381 e. The van der Waals surface area contributed by atoms with Gasteiger partial charge in [0.05, 0.1) is 5.69 Å².